The van der Waals surface area contributed by atoms with E-state index >= 15 is 0 Å². The molecule has 154 valence electrons. The highest BCUT2D eigenvalue weighted by atomic mass is 32.2. The molecule has 7 nitrogen and oxygen atoms in total. The molecular formula is C23H18N4O3S. The van der Waals surface area contributed by atoms with E-state index in [-0.39, 0.29) is 23.0 Å². The molecule has 0 radical (unpaired) electrons. The number of aromatic nitrogens is 2. The summed E-state index contributed by atoms with van der Waals surface area (Å²) in [6.07, 6.45) is 1.37. The Bertz CT molecular complexity index is 1320. The van der Waals surface area contributed by atoms with Crippen molar-refractivity contribution in [2.75, 3.05) is 5.75 Å². The zero-order valence-corrected chi connectivity index (χ0v) is 17.1. The van der Waals surface area contributed by atoms with Crippen LogP contribution < -0.4 is 11.0 Å². The van der Waals surface area contributed by atoms with Gasteiger partial charge in [0.05, 0.1) is 28.6 Å². The Morgan fingerprint density at radius 1 is 1.03 bits per heavy atom. The van der Waals surface area contributed by atoms with Gasteiger partial charge in [-0.05, 0) is 36.4 Å². The Hall–Kier alpha value is -3.91. The van der Waals surface area contributed by atoms with Crippen LogP contribution in [0.2, 0.25) is 0 Å². The summed E-state index contributed by atoms with van der Waals surface area (Å²) in [7, 11) is 0. The third-order valence-corrected chi connectivity index (χ3v) is 5.36. The molecule has 4 aromatic rings. The number of nitrogens with zero attached hydrogens (tertiary/aromatic N) is 3. The number of fused-ring (bicyclic) bond motifs is 1. The van der Waals surface area contributed by atoms with Gasteiger partial charge in [-0.2, -0.15) is 5.10 Å². The molecule has 0 spiro atoms. The molecule has 1 aromatic heterocycles. The fourth-order valence-corrected chi connectivity index (χ4v) is 3.75. The molecule has 1 heterocycles. The van der Waals surface area contributed by atoms with Gasteiger partial charge in [0.1, 0.15) is 5.75 Å². The van der Waals surface area contributed by atoms with E-state index < -0.39 is 0 Å². The van der Waals surface area contributed by atoms with Crippen molar-refractivity contribution in [1.82, 2.24) is 15.0 Å². The predicted octanol–water partition coefficient (Wildman–Crippen LogP) is 3.33. The molecule has 0 atom stereocenters. The number of hydrazone groups is 1. The zero-order valence-electron chi connectivity index (χ0n) is 16.3. The second-order valence-corrected chi connectivity index (χ2v) is 7.47. The van der Waals surface area contributed by atoms with Crippen LogP contribution >= 0.6 is 11.8 Å². The van der Waals surface area contributed by atoms with Crippen LogP contribution in [0.4, 0.5) is 0 Å². The maximum Gasteiger partial charge on any atom is 0.266 e. The van der Waals surface area contributed by atoms with Crippen molar-refractivity contribution < 1.29 is 9.90 Å². The van der Waals surface area contributed by atoms with E-state index in [0.717, 1.165) is 11.8 Å². The predicted molar refractivity (Wildman–Crippen MR) is 122 cm³/mol. The Balaban J connectivity index is 1.56. The first kappa shape index (κ1) is 20.4. The normalized spacial score (nSPS) is 11.1. The van der Waals surface area contributed by atoms with Gasteiger partial charge >= 0.3 is 0 Å². The first-order chi connectivity index (χ1) is 15.1. The van der Waals surface area contributed by atoms with Crippen molar-refractivity contribution in [2.24, 2.45) is 5.10 Å². The van der Waals surface area contributed by atoms with Gasteiger partial charge in [0.25, 0.3) is 11.5 Å². The Morgan fingerprint density at radius 2 is 1.74 bits per heavy atom. The van der Waals surface area contributed by atoms with Gasteiger partial charge in [-0.3, -0.25) is 14.2 Å². The number of nitrogens with one attached hydrogen (secondary N) is 1. The summed E-state index contributed by atoms with van der Waals surface area (Å²) in [6.45, 7) is 0. The number of amides is 1. The fraction of sp³-hybridized carbons (Fsp3) is 0.0435. The second kappa shape index (κ2) is 9.27. The summed E-state index contributed by atoms with van der Waals surface area (Å²) < 4.78 is 1.51. The third-order valence-electron chi connectivity index (χ3n) is 4.42. The van der Waals surface area contributed by atoms with Crippen LogP contribution in [-0.2, 0) is 4.79 Å². The zero-order chi connectivity index (χ0) is 21.6. The summed E-state index contributed by atoms with van der Waals surface area (Å²) in [5.74, 6) is -0.281. The molecule has 0 unspecified atom stereocenters. The first-order valence-electron chi connectivity index (χ1n) is 9.43. The molecule has 0 fully saturated rings. The molecule has 4 rings (SSSR count). The molecule has 0 aliphatic rings. The highest BCUT2D eigenvalue weighted by molar-refractivity contribution is 7.99. The van der Waals surface area contributed by atoms with Crippen molar-refractivity contribution in [2.45, 2.75) is 5.16 Å². The van der Waals surface area contributed by atoms with Crippen molar-refractivity contribution in [1.29, 1.82) is 0 Å². The topological polar surface area (TPSA) is 96.6 Å². The van der Waals surface area contributed by atoms with Gasteiger partial charge in [0, 0.05) is 5.56 Å². The maximum atomic E-state index is 13.1. The van der Waals surface area contributed by atoms with Crippen LogP contribution in [0.15, 0.2) is 93.9 Å². The van der Waals surface area contributed by atoms with Crippen LogP contribution in [0.1, 0.15) is 5.56 Å². The van der Waals surface area contributed by atoms with E-state index in [2.05, 4.69) is 15.5 Å². The number of phenols is 1. The van der Waals surface area contributed by atoms with Gasteiger partial charge in [0.2, 0.25) is 0 Å². The average Bonchev–Trinajstić information content (AvgIpc) is 2.80. The molecule has 0 aliphatic heterocycles. The second-order valence-electron chi connectivity index (χ2n) is 6.53. The van der Waals surface area contributed by atoms with Crippen LogP contribution in [0.3, 0.4) is 0 Å². The lowest BCUT2D eigenvalue weighted by Crippen LogP contribution is -2.24. The largest absolute Gasteiger partial charge is 0.507 e. The summed E-state index contributed by atoms with van der Waals surface area (Å²) >= 11 is 1.14. The van der Waals surface area contributed by atoms with E-state index in [0.29, 0.717) is 27.3 Å². The molecule has 31 heavy (non-hydrogen) atoms. The number of aromatic hydroxyl groups is 1. The molecule has 8 heteroatoms. The lowest BCUT2D eigenvalue weighted by atomic mass is 10.2. The average molecular weight is 430 g/mol. The van der Waals surface area contributed by atoms with Crippen molar-refractivity contribution in [3.63, 3.8) is 0 Å². The van der Waals surface area contributed by atoms with Gasteiger partial charge in [-0.15, -0.1) is 0 Å². The number of benzene rings is 3. The van der Waals surface area contributed by atoms with E-state index in [4.69, 9.17) is 0 Å². The number of carbonyl (C=O) groups is 1. The molecular weight excluding hydrogens is 412 g/mol. The van der Waals surface area contributed by atoms with E-state index in [1.807, 2.05) is 36.4 Å². The first-order valence-corrected chi connectivity index (χ1v) is 10.4. The molecule has 0 bridgehead atoms. The fourth-order valence-electron chi connectivity index (χ4n) is 2.95. The number of carbonyl (C=O) groups excluding carboxylic acids is 1. The summed E-state index contributed by atoms with van der Waals surface area (Å²) in [5, 5.41) is 14.5. The molecule has 2 N–H and O–H groups in total. The number of para-hydroxylation sites is 3. The summed E-state index contributed by atoms with van der Waals surface area (Å²) in [4.78, 5) is 30.0. The van der Waals surface area contributed by atoms with Crippen molar-refractivity contribution in [3.05, 3.63) is 94.8 Å². The number of phenolic OH excluding ortho intramolecular Hbond substituents is 1. The molecule has 0 saturated carbocycles. The van der Waals surface area contributed by atoms with Gasteiger partial charge < -0.3 is 5.11 Å². The van der Waals surface area contributed by atoms with Crippen LogP contribution in [0.5, 0.6) is 5.75 Å². The SMILES string of the molecule is O=C(CSc1nc2ccccc2c(=O)n1-c1ccccc1)NN=Cc1ccccc1O. The minimum Gasteiger partial charge on any atom is -0.507 e. The quantitative estimate of drug-likeness (QED) is 0.212. The molecule has 0 saturated heterocycles. The number of hydrogen-bond acceptors (Lipinski definition) is 6. The standard InChI is InChI=1S/C23H18N4O3S/c28-20-13-7-4-8-16(20)14-24-26-21(29)15-31-23-25-19-12-6-5-11-18(19)22(30)27(23)17-9-2-1-3-10-17/h1-14,28H,15H2,(H,26,29). The summed E-state index contributed by atoms with van der Waals surface area (Å²) in [6, 6.07) is 23.0. The van der Waals surface area contributed by atoms with Crippen molar-refractivity contribution in [3.8, 4) is 11.4 Å². The van der Waals surface area contributed by atoms with Crippen LogP contribution in [0, 0.1) is 0 Å². The van der Waals surface area contributed by atoms with E-state index in [1.54, 1.807) is 36.4 Å². The highest BCUT2D eigenvalue weighted by Crippen LogP contribution is 2.21. The Labute approximate surface area is 182 Å². The van der Waals surface area contributed by atoms with Crippen LogP contribution in [-0.4, -0.2) is 32.5 Å². The Morgan fingerprint density at radius 3 is 2.55 bits per heavy atom. The van der Waals surface area contributed by atoms with Gasteiger partial charge in [0.15, 0.2) is 5.16 Å². The molecule has 1 amide bonds. The lowest BCUT2D eigenvalue weighted by Gasteiger charge is -2.12. The Kier molecular flexibility index (Phi) is 6.09. The summed E-state index contributed by atoms with van der Waals surface area (Å²) in [5.41, 5.74) is 3.96. The van der Waals surface area contributed by atoms with E-state index in [1.165, 1.54) is 16.8 Å². The van der Waals surface area contributed by atoms with Gasteiger partial charge in [-0.1, -0.05) is 54.2 Å². The molecule has 3 aromatic carbocycles. The number of rotatable bonds is 6. The minimum absolute atomic E-state index is 0.00965. The molecule has 0 aliphatic carbocycles. The van der Waals surface area contributed by atoms with Crippen molar-refractivity contribution >= 4 is 34.8 Å². The number of hydrogen-bond donors (Lipinski definition) is 2. The maximum absolute atomic E-state index is 13.1. The smallest absolute Gasteiger partial charge is 0.266 e. The van der Waals surface area contributed by atoms with E-state index in [9.17, 15) is 14.7 Å². The monoisotopic (exact) mass is 430 g/mol. The highest BCUT2D eigenvalue weighted by Gasteiger charge is 2.14. The van der Waals surface area contributed by atoms with Crippen LogP contribution in [0.25, 0.3) is 16.6 Å². The number of thioether (sulfide) groups is 1. The third kappa shape index (κ3) is 4.65. The minimum atomic E-state index is -0.362. The lowest BCUT2D eigenvalue weighted by molar-refractivity contribution is -0.118. The van der Waals surface area contributed by atoms with Gasteiger partial charge in [-0.25, -0.2) is 10.4 Å².